The van der Waals surface area contributed by atoms with E-state index < -0.39 is 5.60 Å². The maximum absolute atomic E-state index is 11.4. The van der Waals surface area contributed by atoms with Gasteiger partial charge in [-0.2, -0.15) is 0 Å². The van der Waals surface area contributed by atoms with E-state index >= 15 is 0 Å². The van der Waals surface area contributed by atoms with E-state index in [1.54, 1.807) is 12.1 Å². The zero-order valence-electron chi connectivity index (χ0n) is 10.9. The molecule has 0 saturated carbocycles. The number of rotatable bonds is 1. The molecular formula is C11H16CaO2. The van der Waals surface area contributed by atoms with Crippen molar-refractivity contribution >= 4 is 43.7 Å². The van der Waals surface area contributed by atoms with E-state index in [1.807, 2.05) is 39.0 Å². The van der Waals surface area contributed by atoms with Gasteiger partial charge in [-0.1, -0.05) is 18.2 Å². The topological polar surface area (TPSA) is 26.3 Å². The van der Waals surface area contributed by atoms with Crippen molar-refractivity contribution in [2.45, 2.75) is 26.4 Å². The van der Waals surface area contributed by atoms with Crippen LogP contribution < -0.4 is 0 Å². The largest absolute Gasteiger partial charge is 2.00 e. The average molecular weight is 220 g/mol. The van der Waals surface area contributed by atoms with E-state index in [2.05, 4.69) is 0 Å². The minimum Gasteiger partial charge on any atom is -1.00 e. The number of esters is 1. The first-order valence-corrected chi connectivity index (χ1v) is 4.27. The van der Waals surface area contributed by atoms with Gasteiger partial charge in [0.2, 0.25) is 0 Å². The Morgan fingerprint density at radius 1 is 1.21 bits per heavy atom. The summed E-state index contributed by atoms with van der Waals surface area (Å²) < 4.78 is 5.18. The molecule has 0 radical (unpaired) electrons. The molecule has 0 atom stereocenters. The molecule has 14 heavy (non-hydrogen) atoms. The van der Waals surface area contributed by atoms with Gasteiger partial charge in [-0.3, -0.25) is 0 Å². The van der Waals surface area contributed by atoms with Gasteiger partial charge in [0.15, 0.2) is 0 Å². The maximum atomic E-state index is 11.4. The first-order chi connectivity index (χ1) is 5.99. The van der Waals surface area contributed by atoms with Gasteiger partial charge in [0, 0.05) is 0 Å². The fourth-order valence-electron chi connectivity index (χ4n) is 0.911. The number of carbonyl (C=O) groups excluding carboxylic acids is 1. The van der Waals surface area contributed by atoms with Crippen molar-refractivity contribution in [3.8, 4) is 0 Å². The minimum absolute atomic E-state index is 0. The van der Waals surface area contributed by atoms with Crippen molar-refractivity contribution in [3.63, 3.8) is 0 Å². The number of benzene rings is 1. The minimum atomic E-state index is -0.424. The molecule has 0 aromatic heterocycles. The summed E-state index contributed by atoms with van der Waals surface area (Å²) in [7, 11) is 0. The van der Waals surface area contributed by atoms with Gasteiger partial charge in [-0.15, -0.1) is 0 Å². The van der Waals surface area contributed by atoms with E-state index in [4.69, 9.17) is 4.74 Å². The van der Waals surface area contributed by atoms with Gasteiger partial charge >= 0.3 is 43.7 Å². The number of hydrogen-bond acceptors (Lipinski definition) is 2. The molecule has 0 fully saturated rings. The van der Waals surface area contributed by atoms with Crippen LogP contribution >= 0.6 is 0 Å². The Kier molecular flexibility index (Phi) is 5.72. The van der Waals surface area contributed by atoms with Crippen LogP contribution in [0, 0.1) is 0 Å². The summed E-state index contributed by atoms with van der Waals surface area (Å²) in [6.07, 6.45) is 0. The zero-order chi connectivity index (χ0) is 9.90. The van der Waals surface area contributed by atoms with E-state index in [0.717, 1.165) is 0 Å². The first-order valence-electron chi connectivity index (χ1n) is 4.27. The van der Waals surface area contributed by atoms with Crippen molar-refractivity contribution in [3.05, 3.63) is 35.9 Å². The molecule has 1 aromatic rings. The van der Waals surface area contributed by atoms with E-state index in [1.165, 1.54) is 0 Å². The number of ether oxygens (including phenoxy) is 1. The fourth-order valence-corrected chi connectivity index (χ4v) is 0.911. The normalized spacial score (nSPS) is 10.2. The van der Waals surface area contributed by atoms with E-state index in [0.29, 0.717) is 5.56 Å². The van der Waals surface area contributed by atoms with Crippen LogP contribution in [0.3, 0.4) is 0 Å². The molecule has 0 aliphatic heterocycles. The third-order valence-electron chi connectivity index (χ3n) is 1.41. The van der Waals surface area contributed by atoms with E-state index in [9.17, 15) is 4.79 Å². The van der Waals surface area contributed by atoms with Crippen LogP contribution in [0.5, 0.6) is 0 Å². The number of hydrogen-bond donors (Lipinski definition) is 0. The predicted molar refractivity (Wildman–Crippen MR) is 59.6 cm³/mol. The van der Waals surface area contributed by atoms with Gasteiger partial charge in [-0.25, -0.2) is 4.79 Å². The van der Waals surface area contributed by atoms with Crippen molar-refractivity contribution < 1.29 is 12.4 Å². The molecule has 0 amide bonds. The summed E-state index contributed by atoms with van der Waals surface area (Å²) in [5.74, 6) is -0.270. The molecule has 0 heterocycles. The van der Waals surface area contributed by atoms with Gasteiger partial charge in [-0.05, 0) is 32.9 Å². The Labute approximate surface area is 118 Å². The predicted octanol–water partition coefficient (Wildman–Crippen LogP) is 2.49. The molecule has 1 rings (SSSR count). The molecule has 0 unspecified atom stereocenters. The van der Waals surface area contributed by atoms with Gasteiger partial charge in [0.1, 0.15) is 5.60 Å². The standard InChI is InChI=1S/C11H14O2.Ca.2H/c1-11(2,3)13-10(12)9-7-5-4-6-8-9;;;/h4-8H,1-3H3;;;/q;+2;2*-1. The van der Waals surface area contributed by atoms with Gasteiger partial charge in [0.25, 0.3) is 0 Å². The Balaban J connectivity index is -0.000000563. The third-order valence-corrected chi connectivity index (χ3v) is 1.41. The molecule has 1 aromatic carbocycles. The zero-order valence-corrected chi connectivity index (χ0v) is 11.1. The molecular weight excluding hydrogens is 204 g/mol. The van der Waals surface area contributed by atoms with Crippen LogP contribution in [0.1, 0.15) is 34.0 Å². The summed E-state index contributed by atoms with van der Waals surface area (Å²) in [5, 5.41) is 0. The number of carbonyl (C=O) groups is 1. The van der Waals surface area contributed by atoms with Crippen LogP contribution in [0.4, 0.5) is 0 Å². The Morgan fingerprint density at radius 2 is 1.71 bits per heavy atom. The maximum Gasteiger partial charge on any atom is 2.00 e. The SMILES string of the molecule is CC(C)(C)OC(=O)c1ccccc1.[Ca+2].[H-].[H-]. The van der Waals surface area contributed by atoms with E-state index in [-0.39, 0.29) is 46.6 Å². The Bertz CT molecular complexity index is 297. The second-order valence-corrected chi connectivity index (χ2v) is 3.87. The fraction of sp³-hybridized carbons (Fsp3) is 0.364. The molecule has 0 aliphatic rings. The molecule has 0 spiro atoms. The quantitative estimate of drug-likeness (QED) is 0.537. The Morgan fingerprint density at radius 3 is 2.14 bits per heavy atom. The molecule has 0 aliphatic carbocycles. The molecule has 0 saturated heterocycles. The van der Waals surface area contributed by atoms with Crippen LogP contribution in [0.2, 0.25) is 0 Å². The van der Waals surface area contributed by atoms with Crippen molar-refractivity contribution in [2.75, 3.05) is 0 Å². The van der Waals surface area contributed by atoms with Crippen LogP contribution in [-0.2, 0) is 4.74 Å². The molecule has 2 nitrogen and oxygen atoms in total. The monoisotopic (exact) mass is 220 g/mol. The summed E-state index contributed by atoms with van der Waals surface area (Å²) in [5.41, 5.74) is 0.171. The average Bonchev–Trinajstić information content (AvgIpc) is 2.03. The van der Waals surface area contributed by atoms with Crippen molar-refractivity contribution in [1.82, 2.24) is 0 Å². The second-order valence-electron chi connectivity index (χ2n) is 3.87. The summed E-state index contributed by atoms with van der Waals surface area (Å²) in [4.78, 5) is 11.4. The van der Waals surface area contributed by atoms with Crippen LogP contribution in [0.15, 0.2) is 30.3 Å². The first kappa shape index (κ1) is 13.9. The van der Waals surface area contributed by atoms with Crippen molar-refractivity contribution in [1.29, 1.82) is 0 Å². The second kappa shape index (κ2) is 5.74. The summed E-state index contributed by atoms with van der Waals surface area (Å²) in [6, 6.07) is 8.99. The molecule has 74 valence electrons. The third kappa shape index (κ3) is 4.99. The summed E-state index contributed by atoms with van der Waals surface area (Å²) in [6.45, 7) is 5.56. The summed E-state index contributed by atoms with van der Waals surface area (Å²) >= 11 is 0. The van der Waals surface area contributed by atoms with Crippen LogP contribution in [0.25, 0.3) is 0 Å². The van der Waals surface area contributed by atoms with Gasteiger partial charge < -0.3 is 7.59 Å². The van der Waals surface area contributed by atoms with Gasteiger partial charge in [0.05, 0.1) is 5.56 Å². The molecule has 0 bridgehead atoms. The Hall–Kier alpha value is -0.0503. The van der Waals surface area contributed by atoms with Crippen molar-refractivity contribution in [2.24, 2.45) is 0 Å². The van der Waals surface area contributed by atoms with Crippen LogP contribution in [-0.4, -0.2) is 49.3 Å². The molecule has 0 N–H and O–H groups in total. The molecule has 3 heteroatoms. The smallest absolute Gasteiger partial charge is 1.00 e.